The molecule has 3 rings (SSSR count). The summed E-state index contributed by atoms with van der Waals surface area (Å²) in [7, 11) is 0. The van der Waals surface area contributed by atoms with Crippen LogP contribution in [0.2, 0.25) is 0 Å². The molecule has 1 aromatic carbocycles. The Hall–Kier alpha value is -2.38. The summed E-state index contributed by atoms with van der Waals surface area (Å²) in [5.41, 5.74) is 3.03. The number of rotatable bonds is 6. The van der Waals surface area contributed by atoms with Gasteiger partial charge in [0.15, 0.2) is 0 Å². The Morgan fingerprint density at radius 1 is 1.30 bits per heavy atom. The van der Waals surface area contributed by atoms with Gasteiger partial charge in [0.25, 0.3) is 0 Å². The van der Waals surface area contributed by atoms with Crippen molar-refractivity contribution < 1.29 is 4.79 Å². The lowest BCUT2D eigenvalue weighted by atomic mass is 10.2. The largest absolute Gasteiger partial charge is 0.348 e. The Morgan fingerprint density at radius 2 is 2.00 bits per heavy atom. The van der Waals surface area contributed by atoms with Crippen LogP contribution in [0.5, 0.6) is 0 Å². The van der Waals surface area contributed by atoms with E-state index >= 15 is 0 Å². The summed E-state index contributed by atoms with van der Waals surface area (Å²) in [6.07, 6.45) is 1.28. The average molecular weight is 384 g/mol. The molecule has 0 saturated carbocycles. The van der Waals surface area contributed by atoms with Gasteiger partial charge in [-0.3, -0.25) is 4.79 Å². The Bertz CT molecular complexity index is 810. The molecular formula is C20H25N5OS. The Kier molecular flexibility index (Phi) is 6.47. The van der Waals surface area contributed by atoms with Gasteiger partial charge < -0.3 is 15.5 Å². The second-order valence-electron chi connectivity index (χ2n) is 6.43. The number of hydrogen-bond acceptors (Lipinski definition) is 6. The van der Waals surface area contributed by atoms with Crippen LogP contribution in [0.15, 0.2) is 46.7 Å². The minimum absolute atomic E-state index is 0.170. The molecule has 1 aliphatic heterocycles. The van der Waals surface area contributed by atoms with E-state index in [1.807, 2.05) is 26.0 Å². The maximum Gasteiger partial charge on any atom is 0.243 e. The average Bonchev–Trinajstić information content (AvgIpc) is 2.69. The SMILES string of the molecule is C=CC(=O)NCc1cccc(Sc2c(C)nc(N3CCNCC3)nc2C)c1. The van der Waals surface area contributed by atoms with E-state index in [9.17, 15) is 4.79 Å². The summed E-state index contributed by atoms with van der Waals surface area (Å²) in [6, 6.07) is 8.14. The van der Waals surface area contributed by atoms with E-state index in [0.717, 1.165) is 58.9 Å². The molecule has 2 heterocycles. The molecule has 0 aliphatic carbocycles. The van der Waals surface area contributed by atoms with Crippen LogP contribution in [-0.4, -0.2) is 42.1 Å². The third-order valence-corrected chi connectivity index (χ3v) is 5.65. The molecule has 0 bridgehead atoms. The van der Waals surface area contributed by atoms with Gasteiger partial charge in [0.1, 0.15) is 0 Å². The maximum absolute atomic E-state index is 11.4. The van der Waals surface area contributed by atoms with Crippen molar-refractivity contribution in [3.05, 3.63) is 53.9 Å². The van der Waals surface area contributed by atoms with Gasteiger partial charge >= 0.3 is 0 Å². The maximum atomic E-state index is 11.4. The highest BCUT2D eigenvalue weighted by Crippen LogP contribution is 2.33. The number of carbonyl (C=O) groups is 1. The molecule has 142 valence electrons. The third-order valence-electron chi connectivity index (χ3n) is 4.36. The van der Waals surface area contributed by atoms with Crippen LogP contribution in [0.1, 0.15) is 17.0 Å². The molecule has 1 amide bonds. The van der Waals surface area contributed by atoms with Crippen molar-refractivity contribution in [2.75, 3.05) is 31.1 Å². The minimum Gasteiger partial charge on any atom is -0.348 e. The quantitative estimate of drug-likeness (QED) is 0.747. The van der Waals surface area contributed by atoms with E-state index in [-0.39, 0.29) is 5.91 Å². The van der Waals surface area contributed by atoms with Gasteiger partial charge in [0, 0.05) is 37.6 Å². The molecule has 1 aliphatic rings. The highest BCUT2D eigenvalue weighted by molar-refractivity contribution is 7.99. The fourth-order valence-electron chi connectivity index (χ4n) is 2.94. The number of hydrogen-bond donors (Lipinski definition) is 2. The van der Waals surface area contributed by atoms with E-state index < -0.39 is 0 Å². The Balaban J connectivity index is 1.75. The lowest BCUT2D eigenvalue weighted by Crippen LogP contribution is -2.44. The fraction of sp³-hybridized carbons (Fsp3) is 0.350. The number of benzene rings is 1. The zero-order valence-electron chi connectivity index (χ0n) is 15.8. The molecule has 0 radical (unpaired) electrons. The molecule has 2 N–H and O–H groups in total. The van der Waals surface area contributed by atoms with Crippen molar-refractivity contribution in [1.29, 1.82) is 0 Å². The molecule has 7 heteroatoms. The smallest absolute Gasteiger partial charge is 0.243 e. The molecule has 2 aromatic rings. The predicted octanol–water partition coefficient (Wildman–Crippen LogP) is 2.46. The molecule has 27 heavy (non-hydrogen) atoms. The summed E-state index contributed by atoms with van der Waals surface area (Å²) >= 11 is 1.66. The van der Waals surface area contributed by atoms with Crippen LogP contribution in [0, 0.1) is 13.8 Å². The van der Waals surface area contributed by atoms with E-state index in [4.69, 9.17) is 9.97 Å². The first-order valence-electron chi connectivity index (χ1n) is 9.05. The second kappa shape index (κ2) is 9.01. The van der Waals surface area contributed by atoms with Crippen molar-refractivity contribution in [3.8, 4) is 0 Å². The predicted molar refractivity (Wildman–Crippen MR) is 109 cm³/mol. The van der Waals surface area contributed by atoms with Crippen LogP contribution >= 0.6 is 11.8 Å². The molecular weight excluding hydrogens is 358 g/mol. The number of nitrogens with one attached hydrogen (secondary N) is 2. The zero-order chi connectivity index (χ0) is 19.2. The molecule has 1 saturated heterocycles. The van der Waals surface area contributed by atoms with Crippen molar-refractivity contribution in [2.24, 2.45) is 0 Å². The number of amides is 1. The van der Waals surface area contributed by atoms with Gasteiger partial charge in [0.05, 0.1) is 16.3 Å². The van der Waals surface area contributed by atoms with Crippen LogP contribution in [0.25, 0.3) is 0 Å². The van der Waals surface area contributed by atoms with Gasteiger partial charge in [-0.2, -0.15) is 0 Å². The van der Waals surface area contributed by atoms with E-state index in [1.54, 1.807) is 11.8 Å². The van der Waals surface area contributed by atoms with Gasteiger partial charge in [-0.25, -0.2) is 9.97 Å². The topological polar surface area (TPSA) is 70.2 Å². The van der Waals surface area contributed by atoms with E-state index in [1.165, 1.54) is 6.08 Å². The van der Waals surface area contributed by atoms with Crippen LogP contribution in [-0.2, 0) is 11.3 Å². The molecule has 6 nitrogen and oxygen atoms in total. The van der Waals surface area contributed by atoms with E-state index in [0.29, 0.717) is 6.54 Å². The summed E-state index contributed by atoms with van der Waals surface area (Å²) in [5, 5.41) is 6.16. The van der Waals surface area contributed by atoms with E-state index in [2.05, 4.69) is 34.2 Å². The number of aromatic nitrogens is 2. The first-order valence-corrected chi connectivity index (χ1v) is 9.86. The van der Waals surface area contributed by atoms with Gasteiger partial charge in [-0.15, -0.1) is 0 Å². The van der Waals surface area contributed by atoms with Crippen molar-refractivity contribution in [1.82, 2.24) is 20.6 Å². The normalized spacial score (nSPS) is 14.1. The number of carbonyl (C=O) groups excluding carboxylic acids is 1. The summed E-state index contributed by atoms with van der Waals surface area (Å²) < 4.78 is 0. The lowest BCUT2D eigenvalue weighted by molar-refractivity contribution is -0.116. The minimum atomic E-state index is -0.170. The summed E-state index contributed by atoms with van der Waals surface area (Å²) in [5.74, 6) is 0.647. The first-order chi connectivity index (χ1) is 13.1. The zero-order valence-corrected chi connectivity index (χ0v) is 16.6. The molecule has 1 fully saturated rings. The van der Waals surface area contributed by atoms with Crippen molar-refractivity contribution in [3.63, 3.8) is 0 Å². The van der Waals surface area contributed by atoms with Gasteiger partial charge in [0.2, 0.25) is 11.9 Å². The molecule has 1 aromatic heterocycles. The van der Waals surface area contributed by atoms with Crippen LogP contribution in [0.4, 0.5) is 5.95 Å². The monoisotopic (exact) mass is 383 g/mol. The van der Waals surface area contributed by atoms with Gasteiger partial charge in [-0.05, 0) is 37.6 Å². The standard InChI is InChI=1S/C20H25N5OS/c1-4-18(26)22-13-16-6-5-7-17(12-16)27-19-14(2)23-20(24-15(19)3)25-10-8-21-9-11-25/h4-7,12,21H,1,8-11,13H2,2-3H3,(H,22,26). The van der Waals surface area contributed by atoms with Crippen LogP contribution < -0.4 is 15.5 Å². The number of aryl methyl sites for hydroxylation is 2. The number of nitrogens with zero attached hydrogens (tertiary/aromatic N) is 3. The van der Waals surface area contributed by atoms with Gasteiger partial charge in [-0.1, -0.05) is 30.5 Å². The lowest BCUT2D eigenvalue weighted by Gasteiger charge is -2.28. The first kappa shape index (κ1) is 19.4. The Labute approximate surface area is 164 Å². The van der Waals surface area contributed by atoms with Crippen LogP contribution in [0.3, 0.4) is 0 Å². The van der Waals surface area contributed by atoms with Crippen molar-refractivity contribution >= 4 is 23.6 Å². The number of piperazine rings is 1. The molecule has 0 atom stereocenters. The summed E-state index contributed by atoms with van der Waals surface area (Å²) in [4.78, 5) is 25.3. The molecule has 0 unspecified atom stereocenters. The summed E-state index contributed by atoms with van der Waals surface area (Å²) in [6.45, 7) is 11.8. The fourth-order valence-corrected chi connectivity index (χ4v) is 3.92. The second-order valence-corrected chi connectivity index (χ2v) is 7.52. The highest BCUT2D eigenvalue weighted by atomic mass is 32.2. The Morgan fingerprint density at radius 3 is 2.67 bits per heavy atom. The molecule has 0 spiro atoms. The third kappa shape index (κ3) is 5.08. The number of anilines is 1. The highest BCUT2D eigenvalue weighted by Gasteiger charge is 2.17. The van der Waals surface area contributed by atoms with Crippen molar-refractivity contribution in [2.45, 2.75) is 30.2 Å².